The van der Waals surface area contributed by atoms with E-state index in [1.807, 2.05) is 4.90 Å². The van der Waals surface area contributed by atoms with Gasteiger partial charge >= 0.3 is 12.1 Å². The predicted octanol–water partition coefficient (Wildman–Crippen LogP) is 3.48. The first-order valence-electron chi connectivity index (χ1n) is 6.48. The van der Waals surface area contributed by atoms with Gasteiger partial charge in [0.05, 0.1) is 18.2 Å². The Kier molecular flexibility index (Phi) is 4.20. The van der Waals surface area contributed by atoms with Gasteiger partial charge in [-0.25, -0.2) is 4.79 Å². The number of benzene rings is 1. The molecule has 2 rings (SSSR count). The lowest BCUT2D eigenvalue weighted by Crippen LogP contribution is -2.29. The highest BCUT2D eigenvalue weighted by atomic mass is 19.4. The standard InChI is InChI=1S/C14H16F3NO2/c1-20-13(19)11-6-5-10(9-12(11)14(15,16)17)18-7-3-2-4-8-18/h5-6,9H,2-4,7-8H2,1H3. The van der Waals surface area contributed by atoms with Crippen molar-refractivity contribution >= 4 is 11.7 Å². The van der Waals surface area contributed by atoms with Gasteiger partial charge in [-0.15, -0.1) is 0 Å². The summed E-state index contributed by atoms with van der Waals surface area (Å²) >= 11 is 0. The normalized spacial score (nSPS) is 16.1. The second-order valence-electron chi connectivity index (χ2n) is 4.77. The van der Waals surface area contributed by atoms with Gasteiger partial charge in [-0.05, 0) is 37.5 Å². The van der Waals surface area contributed by atoms with Crippen molar-refractivity contribution in [1.82, 2.24) is 0 Å². The minimum absolute atomic E-state index is 0.444. The quantitative estimate of drug-likeness (QED) is 0.780. The van der Waals surface area contributed by atoms with Crippen molar-refractivity contribution in [3.05, 3.63) is 29.3 Å². The minimum Gasteiger partial charge on any atom is -0.465 e. The number of methoxy groups -OCH3 is 1. The number of esters is 1. The molecule has 1 fully saturated rings. The van der Waals surface area contributed by atoms with Crippen LogP contribution in [0.2, 0.25) is 0 Å². The number of carbonyl (C=O) groups excluding carboxylic acids is 1. The molecule has 3 nitrogen and oxygen atoms in total. The average molecular weight is 287 g/mol. The van der Waals surface area contributed by atoms with E-state index in [2.05, 4.69) is 4.74 Å². The maximum Gasteiger partial charge on any atom is 0.417 e. The molecule has 1 aromatic rings. The lowest BCUT2D eigenvalue weighted by atomic mass is 10.0. The summed E-state index contributed by atoms with van der Waals surface area (Å²) < 4.78 is 43.6. The molecule has 0 spiro atoms. The van der Waals surface area contributed by atoms with Crippen LogP contribution in [0.25, 0.3) is 0 Å². The molecule has 110 valence electrons. The van der Waals surface area contributed by atoms with Gasteiger partial charge in [0.2, 0.25) is 0 Å². The highest BCUT2D eigenvalue weighted by molar-refractivity contribution is 5.91. The van der Waals surface area contributed by atoms with E-state index in [0.29, 0.717) is 5.69 Å². The van der Waals surface area contributed by atoms with Crippen LogP contribution in [0.5, 0.6) is 0 Å². The van der Waals surface area contributed by atoms with E-state index in [1.54, 1.807) is 6.07 Å². The summed E-state index contributed by atoms with van der Waals surface area (Å²) in [6, 6.07) is 3.78. The smallest absolute Gasteiger partial charge is 0.417 e. The number of hydrogen-bond acceptors (Lipinski definition) is 3. The fourth-order valence-corrected chi connectivity index (χ4v) is 2.40. The van der Waals surface area contributed by atoms with Gasteiger partial charge in [0.1, 0.15) is 0 Å². The van der Waals surface area contributed by atoms with Gasteiger partial charge in [-0.1, -0.05) is 0 Å². The van der Waals surface area contributed by atoms with Gasteiger partial charge in [0.15, 0.2) is 0 Å². The minimum atomic E-state index is -4.57. The van der Waals surface area contributed by atoms with Crippen LogP contribution in [0.4, 0.5) is 18.9 Å². The SMILES string of the molecule is COC(=O)c1ccc(N2CCCCC2)cc1C(F)(F)F. The molecule has 0 atom stereocenters. The number of halogens is 3. The molecule has 1 aliphatic rings. The largest absolute Gasteiger partial charge is 0.465 e. The number of rotatable bonds is 2. The first-order chi connectivity index (χ1) is 9.43. The third-order valence-corrected chi connectivity index (χ3v) is 3.44. The zero-order valence-electron chi connectivity index (χ0n) is 11.2. The van der Waals surface area contributed by atoms with Crippen molar-refractivity contribution in [2.45, 2.75) is 25.4 Å². The Hall–Kier alpha value is -1.72. The maximum absolute atomic E-state index is 13.1. The predicted molar refractivity (Wildman–Crippen MR) is 68.8 cm³/mol. The number of ether oxygens (including phenoxy) is 1. The van der Waals surface area contributed by atoms with Gasteiger partial charge in [-0.3, -0.25) is 0 Å². The molecule has 0 amide bonds. The molecule has 1 saturated heterocycles. The fourth-order valence-electron chi connectivity index (χ4n) is 2.40. The maximum atomic E-state index is 13.1. The summed E-state index contributed by atoms with van der Waals surface area (Å²) in [4.78, 5) is 13.3. The third-order valence-electron chi connectivity index (χ3n) is 3.44. The van der Waals surface area contributed by atoms with E-state index >= 15 is 0 Å². The van der Waals surface area contributed by atoms with E-state index in [-0.39, 0.29) is 0 Å². The number of hydrogen-bond donors (Lipinski definition) is 0. The van der Waals surface area contributed by atoms with Crippen LogP contribution < -0.4 is 4.90 Å². The number of nitrogens with zero attached hydrogens (tertiary/aromatic N) is 1. The number of anilines is 1. The fraction of sp³-hybridized carbons (Fsp3) is 0.500. The van der Waals surface area contributed by atoms with Gasteiger partial charge in [0.25, 0.3) is 0 Å². The molecule has 0 aliphatic carbocycles. The molecule has 1 aliphatic heterocycles. The van der Waals surface area contributed by atoms with Crippen molar-refractivity contribution in [2.24, 2.45) is 0 Å². The Bertz CT molecular complexity index is 494. The molecule has 0 aromatic heterocycles. The molecular weight excluding hydrogens is 271 g/mol. The molecular formula is C14H16F3NO2. The topological polar surface area (TPSA) is 29.5 Å². The Morgan fingerprint density at radius 3 is 2.40 bits per heavy atom. The number of carbonyl (C=O) groups is 1. The second-order valence-corrected chi connectivity index (χ2v) is 4.77. The zero-order valence-corrected chi connectivity index (χ0v) is 11.2. The zero-order chi connectivity index (χ0) is 14.8. The highest BCUT2D eigenvalue weighted by Crippen LogP contribution is 2.35. The first kappa shape index (κ1) is 14.7. The Morgan fingerprint density at radius 1 is 1.20 bits per heavy atom. The molecule has 0 radical (unpaired) electrons. The Balaban J connectivity index is 2.40. The van der Waals surface area contributed by atoms with Crippen molar-refractivity contribution in [2.75, 3.05) is 25.1 Å². The van der Waals surface area contributed by atoms with Crippen molar-refractivity contribution in [1.29, 1.82) is 0 Å². The van der Waals surface area contributed by atoms with Crippen LogP contribution in [0.15, 0.2) is 18.2 Å². The van der Waals surface area contributed by atoms with Crippen LogP contribution in [0.1, 0.15) is 35.2 Å². The summed E-state index contributed by atoms with van der Waals surface area (Å²) in [6.07, 6.45) is -1.53. The number of alkyl halides is 3. The summed E-state index contributed by atoms with van der Waals surface area (Å²) in [7, 11) is 1.07. The van der Waals surface area contributed by atoms with E-state index in [1.165, 1.54) is 6.07 Å². The van der Waals surface area contributed by atoms with Gasteiger partial charge < -0.3 is 9.64 Å². The van der Waals surface area contributed by atoms with Gasteiger partial charge in [-0.2, -0.15) is 13.2 Å². The monoisotopic (exact) mass is 287 g/mol. The van der Waals surface area contributed by atoms with Crippen LogP contribution in [0, 0.1) is 0 Å². The van der Waals surface area contributed by atoms with Gasteiger partial charge in [0, 0.05) is 18.8 Å². The summed E-state index contributed by atoms with van der Waals surface area (Å²) in [6.45, 7) is 1.49. The lowest BCUT2D eigenvalue weighted by Gasteiger charge is -2.29. The second kappa shape index (κ2) is 5.73. The average Bonchev–Trinajstić information content (AvgIpc) is 2.46. The van der Waals surface area contributed by atoms with Crippen molar-refractivity contribution < 1.29 is 22.7 Å². The highest BCUT2D eigenvalue weighted by Gasteiger charge is 2.36. The van der Waals surface area contributed by atoms with Crippen molar-refractivity contribution in [3.8, 4) is 0 Å². The first-order valence-corrected chi connectivity index (χ1v) is 6.48. The summed E-state index contributed by atoms with van der Waals surface area (Å²) in [5.74, 6) is -0.970. The molecule has 0 unspecified atom stereocenters. The molecule has 1 heterocycles. The van der Waals surface area contributed by atoms with Crippen molar-refractivity contribution in [3.63, 3.8) is 0 Å². The summed E-state index contributed by atoms with van der Waals surface area (Å²) in [5, 5.41) is 0. The lowest BCUT2D eigenvalue weighted by molar-refractivity contribution is -0.138. The molecule has 20 heavy (non-hydrogen) atoms. The van der Waals surface area contributed by atoms with Crippen LogP contribution in [-0.2, 0) is 10.9 Å². The third kappa shape index (κ3) is 3.05. The molecule has 0 saturated carbocycles. The molecule has 0 N–H and O–H groups in total. The van der Waals surface area contributed by atoms with Crippen LogP contribution >= 0.6 is 0 Å². The van der Waals surface area contributed by atoms with E-state index in [4.69, 9.17) is 0 Å². The number of piperidine rings is 1. The Labute approximate surface area is 115 Å². The van der Waals surface area contributed by atoms with Crippen LogP contribution in [0.3, 0.4) is 0 Å². The van der Waals surface area contributed by atoms with E-state index in [0.717, 1.165) is 45.5 Å². The molecule has 0 bridgehead atoms. The molecule has 6 heteroatoms. The van der Waals surface area contributed by atoms with E-state index in [9.17, 15) is 18.0 Å². The Morgan fingerprint density at radius 2 is 1.85 bits per heavy atom. The van der Waals surface area contributed by atoms with E-state index < -0.39 is 23.3 Å². The molecule has 1 aromatic carbocycles. The summed E-state index contributed by atoms with van der Waals surface area (Å²) in [5.41, 5.74) is -0.877. The van der Waals surface area contributed by atoms with Crippen LogP contribution in [-0.4, -0.2) is 26.2 Å².